The van der Waals surface area contributed by atoms with Gasteiger partial charge in [0, 0.05) is 18.3 Å². The van der Waals surface area contributed by atoms with Crippen molar-refractivity contribution in [3.8, 4) is 16.9 Å². The first-order valence-corrected chi connectivity index (χ1v) is 5.03. The van der Waals surface area contributed by atoms with Crippen LogP contribution in [0.2, 0.25) is 0 Å². The molecule has 0 saturated carbocycles. The van der Waals surface area contributed by atoms with Crippen molar-refractivity contribution in [1.29, 1.82) is 0 Å². The van der Waals surface area contributed by atoms with Crippen LogP contribution in [0.15, 0.2) is 30.6 Å². The summed E-state index contributed by atoms with van der Waals surface area (Å²) in [5.74, 6) is 0.335. The summed E-state index contributed by atoms with van der Waals surface area (Å²) in [6, 6.07) is 5.58. The molecule has 1 aromatic heterocycles. The first kappa shape index (κ1) is 9.77. The van der Waals surface area contributed by atoms with Crippen LogP contribution in [0.1, 0.15) is 12.5 Å². The van der Waals surface area contributed by atoms with Crippen molar-refractivity contribution in [3.05, 3.63) is 36.2 Å². The predicted molar refractivity (Wildman–Crippen MR) is 59.7 cm³/mol. The quantitative estimate of drug-likeness (QED) is 0.812. The normalized spacial score (nSPS) is 10.5. The highest BCUT2D eigenvalue weighted by atomic mass is 16.3. The third-order valence-electron chi connectivity index (χ3n) is 2.49. The molecule has 0 aliphatic carbocycles. The number of hydrogen-bond acceptors (Lipinski definition) is 2. The summed E-state index contributed by atoms with van der Waals surface area (Å²) in [7, 11) is 0. The summed E-state index contributed by atoms with van der Waals surface area (Å²) >= 11 is 0. The molecule has 1 N–H and O–H groups in total. The summed E-state index contributed by atoms with van der Waals surface area (Å²) in [5, 5.41) is 13.6. The Labute approximate surface area is 89.0 Å². The molecule has 2 rings (SSSR count). The maximum absolute atomic E-state index is 9.42. The van der Waals surface area contributed by atoms with Crippen LogP contribution in [0.3, 0.4) is 0 Å². The van der Waals surface area contributed by atoms with E-state index < -0.39 is 0 Å². The maximum Gasteiger partial charge on any atom is 0.118 e. The number of phenolic OH excluding ortho intramolecular Hbond substituents is 1. The minimum Gasteiger partial charge on any atom is -0.508 e. The van der Waals surface area contributed by atoms with Gasteiger partial charge in [0.15, 0.2) is 0 Å². The lowest BCUT2D eigenvalue weighted by Crippen LogP contribution is -1.91. The lowest BCUT2D eigenvalue weighted by atomic mass is 10.1. The fourth-order valence-electron chi connectivity index (χ4n) is 1.52. The van der Waals surface area contributed by atoms with E-state index >= 15 is 0 Å². The summed E-state index contributed by atoms with van der Waals surface area (Å²) in [4.78, 5) is 0. The molecular weight excluding hydrogens is 188 g/mol. The molecule has 0 spiro atoms. The van der Waals surface area contributed by atoms with Gasteiger partial charge in [-0.3, -0.25) is 4.68 Å². The minimum absolute atomic E-state index is 0.335. The highest BCUT2D eigenvalue weighted by Gasteiger charge is 2.03. The lowest BCUT2D eigenvalue weighted by Gasteiger charge is -2.01. The second-order valence-electron chi connectivity index (χ2n) is 3.59. The zero-order valence-electron chi connectivity index (χ0n) is 8.94. The van der Waals surface area contributed by atoms with Gasteiger partial charge in [-0.2, -0.15) is 5.10 Å². The van der Waals surface area contributed by atoms with Crippen molar-refractivity contribution < 1.29 is 5.11 Å². The van der Waals surface area contributed by atoms with Crippen molar-refractivity contribution in [2.45, 2.75) is 20.4 Å². The van der Waals surface area contributed by atoms with E-state index in [4.69, 9.17) is 0 Å². The second-order valence-corrected chi connectivity index (χ2v) is 3.59. The summed E-state index contributed by atoms with van der Waals surface area (Å²) in [6.07, 6.45) is 3.85. The van der Waals surface area contributed by atoms with Crippen LogP contribution in [0.4, 0.5) is 0 Å². The number of aromatic hydroxyl groups is 1. The number of nitrogens with zero attached hydrogens (tertiary/aromatic N) is 2. The molecule has 0 aliphatic heterocycles. The molecule has 0 fully saturated rings. The van der Waals surface area contributed by atoms with Gasteiger partial charge in [-0.1, -0.05) is 6.07 Å². The Kier molecular flexibility index (Phi) is 2.46. The largest absolute Gasteiger partial charge is 0.508 e. The Morgan fingerprint density at radius 2 is 2.13 bits per heavy atom. The molecule has 1 aromatic carbocycles. The van der Waals surface area contributed by atoms with E-state index in [1.165, 1.54) is 0 Å². The van der Waals surface area contributed by atoms with Gasteiger partial charge >= 0.3 is 0 Å². The molecule has 1 heterocycles. The molecule has 0 amide bonds. The zero-order valence-corrected chi connectivity index (χ0v) is 8.94. The molecule has 3 nitrogen and oxygen atoms in total. The van der Waals surface area contributed by atoms with Gasteiger partial charge in [-0.15, -0.1) is 0 Å². The Morgan fingerprint density at radius 3 is 2.73 bits per heavy atom. The van der Waals surface area contributed by atoms with E-state index in [9.17, 15) is 5.11 Å². The van der Waals surface area contributed by atoms with Crippen molar-refractivity contribution >= 4 is 0 Å². The van der Waals surface area contributed by atoms with Gasteiger partial charge in [-0.05, 0) is 37.1 Å². The van der Waals surface area contributed by atoms with Gasteiger partial charge in [0.25, 0.3) is 0 Å². The predicted octanol–water partition coefficient (Wildman–Crippen LogP) is 2.58. The Balaban J connectivity index is 2.40. The Bertz CT molecular complexity index is 474. The van der Waals surface area contributed by atoms with Crippen LogP contribution in [0.5, 0.6) is 5.75 Å². The van der Waals surface area contributed by atoms with Gasteiger partial charge in [0.1, 0.15) is 5.75 Å². The third-order valence-corrected chi connectivity index (χ3v) is 2.49. The minimum atomic E-state index is 0.335. The number of hydrogen-bond donors (Lipinski definition) is 1. The molecule has 0 saturated heterocycles. The molecule has 0 unspecified atom stereocenters. The SMILES string of the molecule is CCn1cc(-c2ccc(O)c(C)c2)cn1. The molecule has 78 valence electrons. The van der Waals surface area contributed by atoms with E-state index in [0.29, 0.717) is 5.75 Å². The summed E-state index contributed by atoms with van der Waals surface area (Å²) < 4.78 is 1.89. The zero-order chi connectivity index (χ0) is 10.8. The fourth-order valence-corrected chi connectivity index (χ4v) is 1.52. The fraction of sp³-hybridized carbons (Fsp3) is 0.250. The average Bonchev–Trinajstić information content (AvgIpc) is 2.70. The van der Waals surface area contributed by atoms with Crippen LogP contribution >= 0.6 is 0 Å². The van der Waals surface area contributed by atoms with Crippen LogP contribution in [-0.2, 0) is 6.54 Å². The van der Waals surface area contributed by atoms with Crippen LogP contribution in [0, 0.1) is 6.92 Å². The van der Waals surface area contributed by atoms with E-state index in [1.54, 1.807) is 6.07 Å². The molecule has 2 aromatic rings. The number of aryl methyl sites for hydroxylation is 2. The molecule has 3 heteroatoms. The second kappa shape index (κ2) is 3.77. The maximum atomic E-state index is 9.42. The molecule has 15 heavy (non-hydrogen) atoms. The number of aromatic nitrogens is 2. The highest BCUT2D eigenvalue weighted by Crippen LogP contribution is 2.24. The average molecular weight is 202 g/mol. The third kappa shape index (κ3) is 1.86. The van der Waals surface area contributed by atoms with Gasteiger partial charge < -0.3 is 5.11 Å². The molecule has 0 radical (unpaired) electrons. The van der Waals surface area contributed by atoms with Crippen LogP contribution < -0.4 is 0 Å². The smallest absolute Gasteiger partial charge is 0.118 e. The first-order chi connectivity index (χ1) is 7.20. The van der Waals surface area contributed by atoms with Gasteiger partial charge in [-0.25, -0.2) is 0 Å². The monoisotopic (exact) mass is 202 g/mol. The van der Waals surface area contributed by atoms with Crippen LogP contribution in [0.25, 0.3) is 11.1 Å². The van der Waals surface area contributed by atoms with E-state index in [0.717, 1.165) is 23.2 Å². The van der Waals surface area contributed by atoms with Gasteiger partial charge in [0.2, 0.25) is 0 Å². The first-order valence-electron chi connectivity index (χ1n) is 5.03. The molecule has 0 atom stereocenters. The Hall–Kier alpha value is -1.77. The number of benzene rings is 1. The lowest BCUT2D eigenvalue weighted by molar-refractivity contribution is 0.471. The Morgan fingerprint density at radius 1 is 1.33 bits per heavy atom. The van der Waals surface area contributed by atoms with Crippen molar-refractivity contribution in [2.75, 3.05) is 0 Å². The molecule has 0 aliphatic rings. The standard InChI is InChI=1S/C12H14N2O/c1-3-14-8-11(7-13-14)10-4-5-12(15)9(2)6-10/h4-8,15H,3H2,1-2H3. The summed E-state index contributed by atoms with van der Waals surface area (Å²) in [5.41, 5.74) is 3.06. The van der Waals surface area contributed by atoms with E-state index in [-0.39, 0.29) is 0 Å². The number of phenols is 1. The topological polar surface area (TPSA) is 38.0 Å². The van der Waals surface area contributed by atoms with Crippen LogP contribution in [-0.4, -0.2) is 14.9 Å². The molecular formula is C12H14N2O. The van der Waals surface area contributed by atoms with E-state index in [2.05, 4.69) is 12.0 Å². The number of rotatable bonds is 2. The van der Waals surface area contributed by atoms with Gasteiger partial charge in [0.05, 0.1) is 6.20 Å². The highest BCUT2D eigenvalue weighted by molar-refractivity contribution is 5.64. The summed E-state index contributed by atoms with van der Waals surface area (Å²) in [6.45, 7) is 4.82. The van der Waals surface area contributed by atoms with Crippen molar-refractivity contribution in [2.24, 2.45) is 0 Å². The molecule has 0 bridgehead atoms. The van der Waals surface area contributed by atoms with Crippen molar-refractivity contribution in [1.82, 2.24) is 9.78 Å². The van der Waals surface area contributed by atoms with E-state index in [1.807, 2.05) is 36.1 Å². The van der Waals surface area contributed by atoms with Crippen molar-refractivity contribution in [3.63, 3.8) is 0 Å².